The van der Waals surface area contributed by atoms with Crippen LogP contribution in [0.2, 0.25) is 0 Å². The van der Waals surface area contributed by atoms with Gasteiger partial charge in [-0.15, -0.1) is 0 Å². The monoisotopic (exact) mass is 336 g/mol. The predicted molar refractivity (Wildman–Crippen MR) is 92.6 cm³/mol. The molecule has 0 saturated carbocycles. The maximum Gasteiger partial charge on any atom is 0.131 e. The zero-order chi connectivity index (χ0) is 16.9. The van der Waals surface area contributed by atoms with Gasteiger partial charge in [0.2, 0.25) is 0 Å². The van der Waals surface area contributed by atoms with Crippen LogP contribution in [0.5, 0.6) is 5.75 Å². The summed E-state index contributed by atoms with van der Waals surface area (Å²) >= 11 is 0. The van der Waals surface area contributed by atoms with E-state index in [-0.39, 0.29) is 5.82 Å². The summed E-state index contributed by atoms with van der Waals surface area (Å²) in [6.45, 7) is 5.20. The quantitative estimate of drug-likeness (QED) is 0.896. The minimum absolute atomic E-state index is 0.180. The summed E-state index contributed by atoms with van der Waals surface area (Å²) in [5.41, 5.74) is 0.746. The first-order valence-electron chi connectivity index (χ1n) is 9.09. The number of aliphatic hydroxyl groups is 1. The number of hydrogen-bond acceptors (Lipinski definition) is 4. The number of likely N-dealkylation sites (tertiary alicyclic amines) is 2. The molecule has 0 amide bonds. The lowest BCUT2D eigenvalue weighted by Crippen LogP contribution is -2.50. The SMILES string of the molecule is COc1ccc(CN2CCCC(N3CCC(CO)CC3)C2)c(F)c1. The molecule has 1 unspecified atom stereocenters. The summed E-state index contributed by atoms with van der Waals surface area (Å²) in [5, 5.41) is 9.29. The van der Waals surface area contributed by atoms with Gasteiger partial charge in [-0.25, -0.2) is 4.39 Å². The van der Waals surface area contributed by atoms with E-state index in [0.29, 0.717) is 30.9 Å². The summed E-state index contributed by atoms with van der Waals surface area (Å²) in [5.74, 6) is 0.870. The molecule has 5 heteroatoms. The molecule has 0 aromatic heterocycles. The standard InChI is InChI=1S/C19H29FN2O2/c1-24-18-5-4-16(19(20)11-18)12-21-8-2-3-17(13-21)22-9-6-15(14-23)7-10-22/h4-5,11,15,17,23H,2-3,6-10,12-14H2,1H3. The lowest BCUT2D eigenvalue weighted by atomic mass is 9.94. The number of ether oxygens (including phenoxy) is 1. The molecule has 2 aliphatic heterocycles. The van der Waals surface area contributed by atoms with E-state index in [4.69, 9.17) is 4.74 Å². The van der Waals surface area contributed by atoms with Crippen molar-refractivity contribution in [1.29, 1.82) is 0 Å². The molecule has 3 rings (SSSR count). The Morgan fingerprint density at radius 2 is 2.00 bits per heavy atom. The van der Waals surface area contributed by atoms with E-state index < -0.39 is 0 Å². The largest absolute Gasteiger partial charge is 0.497 e. The average Bonchev–Trinajstić information content (AvgIpc) is 2.63. The van der Waals surface area contributed by atoms with Gasteiger partial charge >= 0.3 is 0 Å². The summed E-state index contributed by atoms with van der Waals surface area (Å²) in [6.07, 6.45) is 4.59. The van der Waals surface area contributed by atoms with Crippen molar-refractivity contribution in [2.45, 2.75) is 38.3 Å². The van der Waals surface area contributed by atoms with Crippen molar-refractivity contribution in [3.05, 3.63) is 29.6 Å². The molecule has 2 fully saturated rings. The Morgan fingerprint density at radius 3 is 2.67 bits per heavy atom. The van der Waals surface area contributed by atoms with E-state index in [1.807, 2.05) is 12.1 Å². The maximum absolute atomic E-state index is 14.2. The van der Waals surface area contributed by atoms with E-state index in [2.05, 4.69) is 9.80 Å². The Balaban J connectivity index is 1.56. The molecule has 0 bridgehead atoms. The number of aliphatic hydroxyl groups excluding tert-OH is 1. The van der Waals surface area contributed by atoms with Crippen LogP contribution in [0, 0.1) is 11.7 Å². The third-order valence-electron chi connectivity index (χ3n) is 5.56. The first-order chi connectivity index (χ1) is 11.7. The van der Waals surface area contributed by atoms with Crippen molar-refractivity contribution in [2.75, 3.05) is 39.9 Å². The second-order valence-electron chi connectivity index (χ2n) is 7.15. The van der Waals surface area contributed by atoms with Crippen molar-refractivity contribution in [2.24, 2.45) is 5.92 Å². The topological polar surface area (TPSA) is 35.9 Å². The van der Waals surface area contributed by atoms with Gasteiger partial charge in [0.1, 0.15) is 11.6 Å². The Bertz CT molecular complexity index is 532. The molecular formula is C19H29FN2O2. The lowest BCUT2D eigenvalue weighted by Gasteiger charge is -2.42. The van der Waals surface area contributed by atoms with Crippen molar-refractivity contribution >= 4 is 0 Å². The van der Waals surface area contributed by atoms with Crippen LogP contribution in [-0.2, 0) is 6.54 Å². The number of rotatable bonds is 5. The van der Waals surface area contributed by atoms with Gasteiger partial charge in [-0.05, 0) is 57.3 Å². The Kier molecular flexibility index (Phi) is 6.09. The number of benzene rings is 1. The third kappa shape index (κ3) is 4.26. The molecule has 4 nitrogen and oxygen atoms in total. The highest BCUT2D eigenvalue weighted by molar-refractivity contribution is 5.28. The van der Waals surface area contributed by atoms with E-state index in [1.165, 1.54) is 18.9 Å². The van der Waals surface area contributed by atoms with Crippen molar-refractivity contribution in [3.8, 4) is 5.75 Å². The average molecular weight is 336 g/mol. The summed E-state index contributed by atoms with van der Waals surface area (Å²) < 4.78 is 19.3. The molecule has 24 heavy (non-hydrogen) atoms. The zero-order valence-electron chi connectivity index (χ0n) is 14.6. The number of piperidine rings is 2. The van der Waals surface area contributed by atoms with E-state index in [9.17, 15) is 9.50 Å². The molecule has 2 heterocycles. The Hall–Kier alpha value is -1.17. The van der Waals surface area contributed by atoms with Gasteiger partial charge in [0.05, 0.1) is 7.11 Å². The molecule has 0 radical (unpaired) electrons. The fourth-order valence-electron chi connectivity index (χ4n) is 4.00. The van der Waals surface area contributed by atoms with Crippen LogP contribution in [0.25, 0.3) is 0 Å². The van der Waals surface area contributed by atoms with E-state index in [1.54, 1.807) is 7.11 Å². The third-order valence-corrected chi connectivity index (χ3v) is 5.56. The van der Waals surface area contributed by atoms with Gasteiger partial charge in [0, 0.05) is 37.4 Å². The molecule has 134 valence electrons. The predicted octanol–water partition coefficient (Wildman–Crippen LogP) is 2.50. The first-order valence-corrected chi connectivity index (χ1v) is 9.09. The van der Waals surface area contributed by atoms with Gasteiger partial charge < -0.3 is 9.84 Å². The normalized spacial score (nSPS) is 24.2. The smallest absolute Gasteiger partial charge is 0.131 e. The maximum atomic E-state index is 14.2. The lowest BCUT2D eigenvalue weighted by molar-refractivity contribution is 0.0541. The van der Waals surface area contributed by atoms with E-state index >= 15 is 0 Å². The highest BCUT2D eigenvalue weighted by atomic mass is 19.1. The van der Waals surface area contributed by atoms with Crippen molar-refractivity contribution in [1.82, 2.24) is 9.80 Å². The molecule has 1 N–H and O–H groups in total. The van der Waals surface area contributed by atoms with Gasteiger partial charge in [0.25, 0.3) is 0 Å². The molecule has 0 aliphatic carbocycles. The number of nitrogens with zero attached hydrogens (tertiary/aromatic N) is 2. The van der Waals surface area contributed by atoms with Gasteiger partial charge in [0.15, 0.2) is 0 Å². The fraction of sp³-hybridized carbons (Fsp3) is 0.684. The number of halogens is 1. The number of hydrogen-bond donors (Lipinski definition) is 1. The van der Waals surface area contributed by atoms with E-state index in [0.717, 1.165) is 44.6 Å². The van der Waals surface area contributed by atoms with Crippen molar-refractivity contribution in [3.63, 3.8) is 0 Å². The van der Waals surface area contributed by atoms with Crippen LogP contribution in [-0.4, -0.2) is 60.8 Å². The van der Waals surface area contributed by atoms with Crippen LogP contribution < -0.4 is 4.74 Å². The van der Waals surface area contributed by atoms with Gasteiger partial charge in [-0.2, -0.15) is 0 Å². The minimum atomic E-state index is -0.180. The summed E-state index contributed by atoms with van der Waals surface area (Å²) in [4.78, 5) is 4.94. The highest BCUT2D eigenvalue weighted by Gasteiger charge is 2.28. The zero-order valence-corrected chi connectivity index (χ0v) is 14.6. The van der Waals surface area contributed by atoms with Crippen LogP contribution >= 0.6 is 0 Å². The van der Waals surface area contributed by atoms with Crippen LogP contribution in [0.3, 0.4) is 0 Å². The van der Waals surface area contributed by atoms with Gasteiger partial charge in [-0.1, -0.05) is 6.07 Å². The molecule has 2 aliphatic rings. The molecule has 1 aromatic rings. The highest BCUT2D eigenvalue weighted by Crippen LogP contribution is 2.25. The second-order valence-corrected chi connectivity index (χ2v) is 7.15. The summed E-state index contributed by atoms with van der Waals surface area (Å²) in [6, 6.07) is 5.71. The summed E-state index contributed by atoms with van der Waals surface area (Å²) in [7, 11) is 1.56. The molecule has 0 spiro atoms. The van der Waals surface area contributed by atoms with Gasteiger partial charge in [-0.3, -0.25) is 9.80 Å². The fourth-order valence-corrected chi connectivity index (χ4v) is 4.00. The van der Waals surface area contributed by atoms with Crippen LogP contribution in [0.1, 0.15) is 31.2 Å². The van der Waals surface area contributed by atoms with Crippen LogP contribution in [0.4, 0.5) is 4.39 Å². The first kappa shape index (κ1) is 17.6. The second kappa shape index (κ2) is 8.28. The number of methoxy groups -OCH3 is 1. The molecule has 2 saturated heterocycles. The Morgan fingerprint density at radius 1 is 1.21 bits per heavy atom. The molecule has 1 atom stereocenters. The van der Waals surface area contributed by atoms with Crippen LogP contribution in [0.15, 0.2) is 18.2 Å². The molecular weight excluding hydrogens is 307 g/mol. The minimum Gasteiger partial charge on any atom is -0.497 e. The van der Waals surface area contributed by atoms with Crippen molar-refractivity contribution < 1.29 is 14.2 Å². The molecule has 1 aromatic carbocycles. The Labute approximate surface area is 144 Å².